The number of halogens is 1. The summed E-state index contributed by atoms with van der Waals surface area (Å²) in [6.07, 6.45) is 4.46. The van der Waals surface area contributed by atoms with Gasteiger partial charge in [0.1, 0.15) is 17.2 Å². The lowest BCUT2D eigenvalue weighted by Gasteiger charge is -2.48. The van der Waals surface area contributed by atoms with Crippen molar-refractivity contribution < 1.29 is 28.6 Å². The molecule has 3 aromatic rings. The summed E-state index contributed by atoms with van der Waals surface area (Å²) in [5.74, 6) is -0.240. The van der Waals surface area contributed by atoms with Gasteiger partial charge in [-0.15, -0.1) is 0 Å². The Kier molecular flexibility index (Phi) is 9.16. The Bertz CT molecular complexity index is 1590. The Morgan fingerprint density at radius 1 is 1.02 bits per heavy atom. The van der Waals surface area contributed by atoms with Crippen LogP contribution in [0.3, 0.4) is 0 Å². The van der Waals surface area contributed by atoms with Crippen LogP contribution in [-0.4, -0.2) is 74.1 Å². The van der Waals surface area contributed by atoms with Gasteiger partial charge in [0.15, 0.2) is 0 Å². The molecule has 2 saturated heterocycles. The maximum atomic E-state index is 14.7. The van der Waals surface area contributed by atoms with Crippen molar-refractivity contribution in [2.45, 2.75) is 68.7 Å². The summed E-state index contributed by atoms with van der Waals surface area (Å²) < 4.78 is 26.9. The molecule has 0 radical (unpaired) electrons. The Labute approximate surface area is 275 Å². The number of fused-ring (bicyclic) bond motifs is 1. The molecule has 0 bridgehead atoms. The second-order valence-corrected chi connectivity index (χ2v) is 13.3. The number of hydrogen-bond acceptors (Lipinski definition) is 7. The minimum absolute atomic E-state index is 0.0274. The van der Waals surface area contributed by atoms with Crippen LogP contribution in [0.2, 0.25) is 0 Å². The number of benzene rings is 3. The first kappa shape index (κ1) is 31.6. The van der Waals surface area contributed by atoms with Crippen LogP contribution in [0.15, 0.2) is 66.7 Å². The molecule has 47 heavy (non-hydrogen) atoms. The third kappa shape index (κ3) is 6.86. The number of morpholine rings is 1. The van der Waals surface area contributed by atoms with Gasteiger partial charge in [0.2, 0.25) is 5.91 Å². The van der Waals surface area contributed by atoms with Gasteiger partial charge in [-0.2, -0.15) is 0 Å². The minimum atomic E-state index is -0.926. The average molecular weight is 643 g/mol. The molecule has 248 valence electrons. The highest BCUT2D eigenvalue weighted by Gasteiger charge is 2.46. The van der Waals surface area contributed by atoms with Gasteiger partial charge < -0.3 is 35.0 Å². The molecule has 3 fully saturated rings. The number of hydrogen-bond donors (Lipinski definition) is 3. The van der Waals surface area contributed by atoms with Gasteiger partial charge in [-0.25, -0.2) is 4.39 Å². The predicted octanol–water partition coefficient (Wildman–Crippen LogP) is 4.53. The van der Waals surface area contributed by atoms with Crippen LogP contribution < -0.4 is 25.2 Å². The van der Waals surface area contributed by atoms with Crippen molar-refractivity contribution in [2.24, 2.45) is 0 Å². The summed E-state index contributed by atoms with van der Waals surface area (Å²) in [6, 6.07) is 19.6. The fraction of sp³-hybridized carbons (Fsp3) is 0.459. The summed E-state index contributed by atoms with van der Waals surface area (Å²) in [4.78, 5) is 29.7. The first-order chi connectivity index (χ1) is 22.9. The number of ether oxygens (including phenoxy) is 2. The molecule has 1 saturated carbocycles. The molecule has 9 nitrogen and oxygen atoms in total. The van der Waals surface area contributed by atoms with Gasteiger partial charge in [-0.3, -0.25) is 9.59 Å². The van der Waals surface area contributed by atoms with E-state index < -0.39 is 23.9 Å². The molecule has 4 aliphatic rings. The summed E-state index contributed by atoms with van der Waals surface area (Å²) in [6.45, 7) is 3.75. The summed E-state index contributed by atoms with van der Waals surface area (Å²) in [7, 11) is 0. The Balaban J connectivity index is 1.10. The zero-order valence-electron chi connectivity index (χ0n) is 26.6. The van der Waals surface area contributed by atoms with Crippen molar-refractivity contribution >= 4 is 23.2 Å². The van der Waals surface area contributed by atoms with E-state index in [1.54, 1.807) is 0 Å². The van der Waals surface area contributed by atoms with Crippen molar-refractivity contribution in [1.82, 2.24) is 10.6 Å². The lowest BCUT2D eigenvalue weighted by molar-refractivity contribution is -0.117. The molecule has 3 N–H and O–H groups in total. The molecule has 3 aliphatic heterocycles. The third-order valence-corrected chi connectivity index (χ3v) is 10.1. The molecular formula is C37H43FN4O5. The van der Waals surface area contributed by atoms with Crippen LogP contribution in [0.1, 0.15) is 66.1 Å². The van der Waals surface area contributed by atoms with Gasteiger partial charge in [0, 0.05) is 61.9 Å². The maximum absolute atomic E-state index is 14.7. The fourth-order valence-corrected chi connectivity index (χ4v) is 7.31. The Morgan fingerprint density at radius 2 is 1.83 bits per heavy atom. The minimum Gasteiger partial charge on any atom is -0.487 e. The van der Waals surface area contributed by atoms with Gasteiger partial charge in [0.05, 0.1) is 31.0 Å². The van der Waals surface area contributed by atoms with E-state index in [0.717, 1.165) is 61.3 Å². The molecule has 0 aromatic heterocycles. The largest absolute Gasteiger partial charge is 0.487 e. The molecule has 2 amide bonds. The molecule has 10 heteroatoms. The van der Waals surface area contributed by atoms with Crippen molar-refractivity contribution in [1.29, 1.82) is 0 Å². The first-order valence-electron chi connectivity index (χ1n) is 16.9. The van der Waals surface area contributed by atoms with Crippen LogP contribution in [0.5, 0.6) is 5.75 Å². The molecular weight excluding hydrogens is 599 g/mol. The standard InChI is InChI=1S/C37H43FN4O5/c38-29-11-9-26(21-32(29)42-15-4-8-35(42)44)36(45)40-30(20-25-6-2-1-3-7-25)33(43)24-39-31-23-37(13-5-14-37)47-34-12-10-27(22-28(31)34)41-16-18-46-19-17-41/h1-3,6-7,9-12,21-22,30-31,33,39,43H,4-5,8,13-20,23-24H2,(H,40,45)/t30-,31-,33+/m0/s1. The SMILES string of the molecule is O=C(N[C@@H](Cc1ccccc1)[C@H](O)CN[C@H]1CC2(CCC2)Oc2ccc(N3CCOCC3)cc21)c1ccc(F)c(N2CCCC2=O)c1. The highest BCUT2D eigenvalue weighted by atomic mass is 19.1. The van der Waals surface area contributed by atoms with E-state index in [0.29, 0.717) is 39.0 Å². The van der Waals surface area contributed by atoms with E-state index >= 15 is 0 Å². The lowest BCUT2D eigenvalue weighted by atomic mass is 9.73. The molecule has 0 unspecified atom stereocenters. The predicted molar refractivity (Wildman–Crippen MR) is 177 cm³/mol. The lowest BCUT2D eigenvalue weighted by Crippen LogP contribution is -2.52. The van der Waals surface area contributed by atoms with Crippen molar-refractivity contribution in [3.8, 4) is 5.75 Å². The van der Waals surface area contributed by atoms with Gasteiger partial charge in [-0.1, -0.05) is 30.3 Å². The van der Waals surface area contributed by atoms with E-state index in [4.69, 9.17) is 9.47 Å². The summed E-state index contributed by atoms with van der Waals surface area (Å²) in [5.41, 5.74) is 3.35. The van der Waals surface area contributed by atoms with Crippen LogP contribution in [0.25, 0.3) is 0 Å². The number of nitrogens with one attached hydrogen (secondary N) is 2. The van der Waals surface area contributed by atoms with E-state index in [9.17, 15) is 19.1 Å². The molecule has 7 rings (SSSR count). The smallest absolute Gasteiger partial charge is 0.251 e. The van der Waals surface area contributed by atoms with Crippen LogP contribution in [-0.2, 0) is 16.0 Å². The van der Waals surface area contributed by atoms with Crippen molar-refractivity contribution in [3.05, 3.63) is 89.2 Å². The highest BCUT2D eigenvalue weighted by Crippen LogP contribution is 2.49. The number of rotatable bonds is 10. The van der Waals surface area contributed by atoms with E-state index in [1.807, 2.05) is 30.3 Å². The van der Waals surface area contributed by atoms with E-state index in [-0.39, 0.29) is 35.3 Å². The Morgan fingerprint density at radius 3 is 2.55 bits per heavy atom. The van der Waals surface area contributed by atoms with Gasteiger partial charge in [-0.05, 0) is 74.1 Å². The molecule has 1 spiro atoms. The quantitative estimate of drug-likeness (QED) is 0.299. The van der Waals surface area contributed by atoms with Crippen LogP contribution in [0, 0.1) is 5.82 Å². The van der Waals surface area contributed by atoms with Crippen molar-refractivity contribution in [3.63, 3.8) is 0 Å². The topological polar surface area (TPSA) is 103 Å². The second-order valence-electron chi connectivity index (χ2n) is 13.3. The number of amides is 2. The number of anilines is 2. The first-order valence-corrected chi connectivity index (χ1v) is 16.9. The second kappa shape index (κ2) is 13.6. The van der Waals surface area contributed by atoms with E-state index in [2.05, 4.69) is 33.7 Å². The normalized spacial score (nSPS) is 21.5. The fourth-order valence-electron chi connectivity index (χ4n) is 7.31. The summed E-state index contributed by atoms with van der Waals surface area (Å²) in [5, 5.41) is 18.3. The number of carbonyl (C=O) groups is 2. The van der Waals surface area contributed by atoms with Crippen LogP contribution in [0.4, 0.5) is 15.8 Å². The zero-order valence-corrected chi connectivity index (χ0v) is 26.6. The Hall–Kier alpha value is -3.99. The number of carbonyl (C=O) groups excluding carboxylic acids is 2. The third-order valence-electron chi connectivity index (χ3n) is 10.1. The van der Waals surface area contributed by atoms with Gasteiger partial charge >= 0.3 is 0 Å². The molecule has 1 aliphatic carbocycles. The van der Waals surface area contributed by atoms with Crippen LogP contribution >= 0.6 is 0 Å². The highest BCUT2D eigenvalue weighted by molar-refractivity contribution is 5.99. The molecule has 3 aromatic carbocycles. The monoisotopic (exact) mass is 642 g/mol. The molecule has 3 atom stereocenters. The van der Waals surface area contributed by atoms with Crippen molar-refractivity contribution in [2.75, 3.05) is 49.2 Å². The number of nitrogens with zero attached hydrogens (tertiary/aromatic N) is 2. The molecule has 3 heterocycles. The van der Waals surface area contributed by atoms with Gasteiger partial charge in [0.25, 0.3) is 5.91 Å². The maximum Gasteiger partial charge on any atom is 0.251 e. The average Bonchev–Trinajstić information content (AvgIpc) is 3.52. The zero-order chi connectivity index (χ0) is 32.4. The summed E-state index contributed by atoms with van der Waals surface area (Å²) >= 11 is 0. The number of aliphatic hydroxyl groups excluding tert-OH is 1. The number of aliphatic hydroxyl groups is 1. The van der Waals surface area contributed by atoms with E-state index in [1.165, 1.54) is 23.1 Å².